The molecule has 1 aliphatic heterocycles. The highest BCUT2D eigenvalue weighted by Crippen LogP contribution is 2.36. The predicted octanol–water partition coefficient (Wildman–Crippen LogP) is 6.38. The van der Waals surface area contributed by atoms with Gasteiger partial charge in [0.2, 0.25) is 5.91 Å². The van der Waals surface area contributed by atoms with Crippen LogP contribution in [0.15, 0.2) is 85.2 Å². The van der Waals surface area contributed by atoms with Gasteiger partial charge in [-0.3, -0.25) is 14.4 Å². The molecule has 0 unspecified atom stereocenters. The highest BCUT2D eigenvalue weighted by molar-refractivity contribution is 6.31. The van der Waals surface area contributed by atoms with Crippen LogP contribution in [0.25, 0.3) is 0 Å². The van der Waals surface area contributed by atoms with Gasteiger partial charge < -0.3 is 14.8 Å². The molecule has 3 aromatic carbocycles. The van der Waals surface area contributed by atoms with Crippen molar-refractivity contribution in [3.05, 3.63) is 101 Å². The minimum Gasteiger partial charge on any atom is -0.490 e. The zero-order valence-electron chi connectivity index (χ0n) is 21.2. The van der Waals surface area contributed by atoms with E-state index in [1.54, 1.807) is 18.2 Å². The summed E-state index contributed by atoms with van der Waals surface area (Å²) in [6, 6.07) is 23.0. The third-order valence-electron chi connectivity index (χ3n) is 6.31. The van der Waals surface area contributed by atoms with Crippen LogP contribution in [0.5, 0.6) is 17.2 Å². The topological polar surface area (TPSA) is 68.6 Å². The fourth-order valence-electron chi connectivity index (χ4n) is 4.47. The molecule has 1 amide bonds. The quantitative estimate of drug-likeness (QED) is 0.331. The second kappa shape index (κ2) is 12.6. The fraction of sp³-hybridized carbons (Fsp3) is 0.267. The van der Waals surface area contributed by atoms with E-state index in [2.05, 4.69) is 27.4 Å². The first-order valence-electron chi connectivity index (χ1n) is 12.9. The molecule has 1 aliphatic rings. The van der Waals surface area contributed by atoms with E-state index < -0.39 is 0 Å². The van der Waals surface area contributed by atoms with Crippen molar-refractivity contribution in [1.29, 1.82) is 0 Å². The molecule has 1 aromatic heterocycles. The first kappa shape index (κ1) is 25.8. The van der Waals surface area contributed by atoms with Crippen LogP contribution in [0.1, 0.15) is 30.4 Å². The van der Waals surface area contributed by atoms with Gasteiger partial charge in [0.15, 0.2) is 17.2 Å². The summed E-state index contributed by atoms with van der Waals surface area (Å²) in [5, 5.41) is 8.05. The number of hydrogen-bond acceptors (Lipinski definition) is 5. The van der Waals surface area contributed by atoms with Gasteiger partial charge in [-0.2, -0.15) is 5.10 Å². The van der Waals surface area contributed by atoms with Crippen LogP contribution in [-0.4, -0.2) is 40.3 Å². The fourth-order valence-corrected chi connectivity index (χ4v) is 4.64. The van der Waals surface area contributed by atoms with Crippen molar-refractivity contribution in [2.75, 3.05) is 25.0 Å². The van der Waals surface area contributed by atoms with Crippen LogP contribution < -0.4 is 14.8 Å². The number of ether oxygens (including phenoxy) is 2. The third kappa shape index (κ3) is 7.15. The summed E-state index contributed by atoms with van der Waals surface area (Å²) in [6.45, 7) is 2.96. The van der Waals surface area contributed by atoms with E-state index in [4.69, 9.17) is 21.1 Å². The molecule has 0 bridgehead atoms. The molecule has 0 saturated carbocycles. The Hall–Kier alpha value is -3.81. The standard InChI is InChI=1S/C30H31ClN4O3/c31-25-13-14-27-26(17-25)33-30(36)22-34(15-7-2-8-16-37-28-11-5-6-12-29(28)38-27)19-24-18-32-35(21-24)20-23-9-3-1-4-10-23/h1,3-6,9-14,17-18,21H,2,7-8,15-16,19-20,22H2,(H,33,36). The molecule has 1 N–H and O–H groups in total. The lowest BCUT2D eigenvalue weighted by Crippen LogP contribution is -2.33. The number of anilines is 1. The molecule has 0 atom stereocenters. The Balaban J connectivity index is 1.32. The Kier molecular flexibility index (Phi) is 8.58. The maximum atomic E-state index is 13.2. The average molecular weight is 531 g/mol. The summed E-state index contributed by atoms with van der Waals surface area (Å²) in [5.74, 6) is 1.63. The third-order valence-corrected chi connectivity index (χ3v) is 6.54. The number of amides is 1. The van der Waals surface area contributed by atoms with Gasteiger partial charge in [-0.25, -0.2) is 0 Å². The minimum absolute atomic E-state index is 0.131. The largest absolute Gasteiger partial charge is 0.490 e. The second-order valence-corrected chi connectivity index (χ2v) is 9.83. The zero-order chi connectivity index (χ0) is 26.2. The van der Waals surface area contributed by atoms with Crippen molar-refractivity contribution in [3.63, 3.8) is 0 Å². The smallest absolute Gasteiger partial charge is 0.238 e. The summed E-state index contributed by atoms with van der Waals surface area (Å²) in [6.07, 6.45) is 6.79. The van der Waals surface area contributed by atoms with Gasteiger partial charge in [-0.1, -0.05) is 54.1 Å². The number of para-hydroxylation sites is 2. The van der Waals surface area contributed by atoms with E-state index in [1.807, 2.05) is 59.5 Å². The molecule has 0 radical (unpaired) electrons. The van der Waals surface area contributed by atoms with Crippen molar-refractivity contribution in [3.8, 4) is 17.2 Å². The molecule has 7 nitrogen and oxygen atoms in total. The Labute approximate surface area is 227 Å². The van der Waals surface area contributed by atoms with E-state index in [9.17, 15) is 4.79 Å². The maximum absolute atomic E-state index is 13.2. The number of nitrogens with zero attached hydrogens (tertiary/aromatic N) is 3. The van der Waals surface area contributed by atoms with Crippen molar-refractivity contribution in [2.45, 2.75) is 32.4 Å². The minimum atomic E-state index is -0.131. The predicted molar refractivity (Wildman–Crippen MR) is 149 cm³/mol. The van der Waals surface area contributed by atoms with Crippen LogP contribution in [0.3, 0.4) is 0 Å². The molecule has 0 aliphatic carbocycles. The van der Waals surface area contributed by atoms with Crippen LogP contribution in [0.2, 0.25) is 5.02 Å². The van der Waals surface area contributed by atoms with E-state index in [-0.39, 0.29) is 12.5 Å². The highest BCUT2D eigenvalue weighted by Gasteiger charge is 2.17. The summed E-state index contributed by atoms with van der Waals surface area (Å²) in [4.78, 5) is 15.3. The first-order chi connectivity index (χ1) is 18.6. The van der Waals surface area contributed by atoms with E-state index >= 15 is 0 Å². The van der Waals surface area contributed by atoms with Gasteiger partial charge in [-0.05, 0) is 61.7 Å². The zero-order valence-corrected chi connectivity index (χ0v) is 21.9. The lowest BCUT2D eigenvalue weighted by atomic mass is 10.2. The van der Waals surface area contributed by atoms with Crippen LogP contribution in [-0.2, 0) is 17.9 Å². The second-order valence-electron chi connectivity index (χ2n) is 9.39. The Morgan fingerprint density at radius 2 is 1.68 bits per heavy atom. The van der Waals surface area contributed by atoms with Gasteiger partial charge in [0.1, 0.15) is 0 Å². The van der Waals surface area contributed by atoms with E-state index in [0.29, 0.717) is 47.7 Å². The van der Waals surface area contributed by atoms with Crippen LogP contribution in [0, 0.1) is 0 Å². The lowest BCUT2D eigenvalue weighted by molar-refractivity contribution is -0.117. The number of benzene rings is 3. The molecule has 38 heavy (non-hydrogen) atoms. The van der Waals surface area contributed by atoms with Gasteiger partial charge >= 0.3 is 0 Å². The van der Waals surface area contributed by atoms with E-state index in [0.717, 1.165) is 31.4 Å². The van der Waals surface area contributed by atoms with Gasteiger partial charge in [-0.15, -0.1) is 0 Å². The monoisotopic (exact) mass is 530 g/mol. The number of halogens is 1. The molecular weight excluding hydrogens is 500 g/mol. The molecule has 5 rings (SSSR count). The number of carbonyl (C=O) groups is 1. The summed E-state index contributed by atoms with van der Waals surface area (Å²) in [5.41, 5.74) is 2.78. The number of hydrogen-bond donors (Lipinski definition) is 1. The molecule has 2 heterocycles. The van der Waals surface area contributed by atoms with Gasteiger partial charge in [0.05, 0.1) is 31.6 Å². The normalized spacial score (nSPS) is 15.1. The van der Waals surface area contributed by atoms with Gasteiger partial charge in [0, 0.05) is 23.3 Å². The lowest BCUT2D eigenvalue weighted by Gasteiger charge is -2.21. The maximum Gasteiger partial charge on any atom is 0.238 e. The average Bonchev–Trinajstić information content (AvgIpc) is 3.34. The first-order valence-corrected chi connectivity index (χ1v) is 13.3. The summed E-state index contributed by atoms with van der Waals surface area (Å²) >= 11 is 6.26. The number of carbonyl (C=O) groups excluding carboxylic acids is 1. The van der Waals surface area contributed by atoms with Gasteiger partial charge in [0.25, 0.3) is 0 Å². The molecular formula is C30H31ClN4O3. The summed E-state index contributed by atoms with van der Waals surface area (Å²) < 4.78 is 14.1. The van der Waals surface area contributed by atoms with Crippen LogP contribution in [0.4, 0.5) is 5.69 Å². The van der Waals surface area contributed by atoms with Crippen molar-refractivity contribution >= 4 is 23.2 Å². The number of nitrogens with one attached hydrogen (secondary N) is 1. The molecule has 8 heteroatoms. The molecule has 0 saturated heterocycles. The Bertz CT molecular complexity index is 1360. The summed E-state index contributed by atoms with van der Waals surface area (Å²) in [7, 11) is 0. The van der Waals surface area contributed by atoms with Crippen molar-refractivity contribution < 1.29 is 14.3 Å². The molecule has 4 aromatic rings. The highest BCUT2D eigenvalue weighted by atomic mass is 35.5. The molecule has 0 fully saturated rings. The molecule has 0 spiro atoms. The van der Waals surface area contributed by atoms with Crippen molar-refractivity contribution in [2.24, 2.45) is 0 Å². The Morgan fingerprint density at radius 3 is 2.55 bits per heavy atom. The SMILES string of the molecule is O=C1CN(Cc2cnn(Cc3ccccc3)c2)CCCCCOc2ccccc2Oc2ccc(Cl)cc2N1. The molecule has 196 valence electrons. The number of fused-ring (bicyclic) bond motifs is 2. The Morgan fingerprint density at radius 1 is 0.868 bits per heavy atom. The van der Waals surface area contributed by atoms with Crippen molar-refractivity contribution in [1.82, 2.24) is 14.7 Å². The number of rotatable bonds is 4. The van der Waals surface area contributed by atoms with Crippen LogP contribution >= 0.6 is 11.6 Å². The number of aromatic nitrogens is 2. The van der Waals surface area contributed by atoms with E-state index in [1.165, 1.54) is 5.56 Å².